The fraction of sp³-hybridized carbons (Fsp3) is 0.733. The summed E-state index contributed by atoms with van der Waals surface area (Å²) >= 11 is 0. The molecule has 0 atom stereocenters. The molecule has 0 aromatic carbocycles. The van der Waals surface area contributed by atoms with Gasteiger partial charge in [0.1, 0.15) is 17.5 Å². The maximum atomic E-state index is 9.28. The molecule has 1 aromatic heterocycles. The number of rotatable bonds is 8. The van der Waals surface area contributed by atoms with Gasteiger partial charge in [0, 0.05) is 31.1 Å². The standard InChI is InChI=1S/C15H24N4O/c1-2-7-16-13-10-14(18-15(17-13)11-3-4-11)19(8-9-20)12-5-6-12/h10-12,20H,2-9H2,1H3,(H,16,17,18). The summed E-state index contributed by atoms with van der Waals surface area (Å²) in [6.07, 6.45) is 5.92. The third-order valence-electron chi connectivity index (χ3n) is 3.85. The van der Waals surface area contributed by atoms with Crippen molar-refractivity contribution in [2.45, 2.75) is 51.0 Å². The Hall–Kier alpha value is -1.36. The van der Waals surface area contributed by atoms with Crippen LogP contribution >= 0.6 is 0 Å². The second-order valence-electron chi connectivity index (χ2n) is 5.82. The summed E-state index contributed by atoms with van der Waals surface area (Å²) in [7, 11) is 0. The molecular weight excluding hydrogens is 252 g/mol. The molecular formula is C15H24N4O. The number of aliphatic hydroxyl groups is 1. The Labute approximate surface area is 120 Å². The van der Waals surface area contributed by atoms with Crippen molar-refractivity contribution in [3.05, 3.63) is 11.9 Å². The molecule has 110 valence electrons. The maximum absolute atomic E-state index is 9.28. The van der Waals surface area contributed by atoms with E-state index in [1.165, 1.54) is 25.7 Å². The zero-order valence-electron chi connectivity index (χ0n) is 12.2. The fourth-order valence-electron chi connectivity index (χ4n) is 2.45. The summed E-state index contributed by atoms with van der Waals surface area (Å²) in [5.74, 6) is 3.44. The van der Waals surface area contributed by atoms with E-state index in [1.807, 2.05) is 6.07 Å². The van der Waals surface area contributed by atoms with Gasteiger partial charge in [0.05, 0.1) is 6.61 Å². The van der Waals surface area contributed by atoms with E-state index in [-0.39, 0.29) is 6.61 Å². The van der Waals surface area contributed by atoms with Gasteiger partial charge in [0.2, 0.25) is 0 Å². The molecule has 2 N–H and O–H groups in total. The molecule has 5 nitrogen and oxygen atoms in total. The maximum Gasteiger partial charge on any atom is 0.136 e. The van der Waals surface area contributed by atoms with Crippen LogP contribution in [0.1, 0.15) is 50.8 Å². The highest BCUT2D eigenvalue weighted by Crippen LogP contribution is 2.40. The Kier molecular flexibility index (Phi) is 4.05. The molecule has 5 heteroatoms. The first kappa shape index (κ1) is 13.6. The molecule has 1 aromatic rings. The van der Waals surface area contributed by atoms with E-state index in [0.717, 1.165) is 30.4 Å². The van der Waals surface area contributed by atoms with Gasteiger partial charge in [0.25, 0.3) is 0 Å². The lowest BCUT2D eigenvalue weighted by atomic mass is 10.3. The minimum Gasteiger partial charge on any atom is -0.395 e. The minimum absolute atomic E-state index is 0.178. The molecule has 3 rings (SSSR count). The van der Waals surface area contributed by atoms with E-state index in [4.69, 9.17) is 4.98 Å². The van der Waals surface area contributed by atoms with Crippen LogP contribution in [0.5, 0.6) is 0 Å². The third-order valence-corrected chi connectivity index (χ3v) is 3.85. The van der Waals surface area contributed by atoms with Crippen molar-refractivity contribution < 1.29 is 5.11 Å². The van der Waals surface area contributed by atoms with Crippen molar-refractivity contribution in [2.24, 2.45) is 0 Å². The molecule has 2 aliphatic carbocycles. The van der Waals surface area contributed by atoms with Crippen molar-refractivity contribution in [3.8, 4) is 0 Å². The molecule has 20 heavy (non-hydrogen) atoms. The van der Waals surface area contributed by atoms with E-state index in [2.05, 4.69) is 22.1 Å². The molecule has 2 aliphatic rings. The number of nitrogens with zero attached hydrogens (tertiary/aromatic N) is 3. The molecule has 0 bridgehead atoms. The number of hydrogen-bond acceptors (Lipinski definition) is 5. The van der Waals surface area contributed by atoms with Crippen molar-refractivity contribution in [3.63, 3.8) is 0 Å². The predicted molar refractivity (Wildman–Crippen MR) is 80.2 cm³/mol. The Morgan fingerprint density at radius 2 is 2.10 bits per heavy atom. The molecule has 0 spiro atoms. The Morgan fingerprint density at radius 3 is 2.70 bits per heavy atom. The van der Waals surface area contributed by atoms with Gasteiger partial charge >= 0.3 is 0 Å². The van der Waals surface area contributed by atoms with E-state index < -0.39 is 0 Å². The van der Waals surface area contributed by atoms with Gasteiger partial charge < -0.3 is 15.3 Å². The van der Waals surface area contributed by atoms with Crippen LogP contribution in [0.3, 0.4) is 0 Å². The van der Waals surface area contributed by atoms with Crippen LogP contribution in [0, 0.1) is 0 Å². The molecule has 0 unspecified atom stereocenters. The highest BCUT2D eigenvalue weighted by molar-refractivity contribution is 5.51. The summed E-state index contributed by atoms with van der Waals surface area (Å²) in [5, 5.41) is 12.6. The number of aliphatic hydroxyl groups excluding tert-OH is 1. The van der Waals surface area contributed by atoms with Crippen LogP contribution in [0.25, 0.3) is 0 Å². The van der Waals surface area contributed by atoms with E-state index in [9.17, 15) is 5.11 Å². The quantitative estimate of drug-likeness (QED) is 0.761. The first-order chi connectivity index (χ1) is 9.81. The molecule has 0 saturated heterocycles. The summed E-state index contributed by atoms with van der Waals surface area (Å²) in [5.41, 5.74) is 0. The predicted octanol–water partition coefficient (Wildman–Crippen LogP) is 2.14. The lowest BCUT2D eigenvalue weighted by Gasteiger charge is -2.23. The van der Waals surface area contributed by atoms with Gasteiger partial charge in [-0.25, -0.2) is 9.97 Å². The summed E-state index contributed by atoms with van der Waals surface area (Å²) in [4.78, 5) is 11.6. The molecule has 2 fully saturated rings. The smallest absolute Gasteiger partial charge is 0.136 e. The molecule has 0 amide bonds. The van der Waals surface area contributed by atoms with Gasteiger partial charge in [0.15, 0.2) is 0 Å². The van der Waals surface area contributed by atoms with Crippen molar-refractivity contribution >= 4 is 11.6 Å². The minimum atomic E-state index is 0.178. The topological polar surface area (TPSA) is 61.3 Å². The van der Waals surface area contributed by atoms with Gasteiger partial charge in [-0.1, -0.05) is 6.92 Å². The largest absolute Gasteiger partial charge is 0.395 e. The van der Waals surface area contributed by atoms with Crippen LogP contribution in [-0.4, -0.2) is 40.8 Å². The van der Waals surface area contributed by atoms with Crippen molar-refractivity contribution in [1.29, 1.82) is 0 Å². The first-order valence-corrected chi connectivity index (χ1v) is 7.82. The number of anilines is 2. The lowest BCUT2D eigenvalue weighted by Crippen LogP contribution is -2.30. The average molecular weight is 276 g/mol. The highest BCUT2D eigenvalue weighted by Gasteiger charge is 2.32. The first-order valence-electron chi connectivity index (χ1n) is 7.82. The highest BCUT2D eigenvalue weighted by atomic mass is 16.3. The van der Waals surface area contributed by atoms with Gasteiger partial charge in [-0.15, -0.1) is 0 Å². The van der Waals surface area contributed by atoms with Crippen LogP contribution < -0.4 is 10.2 Å². The molecule has 2 saturated carbocycles. The summed E-state index contributed by atoms with van der Waals surface area (Å²) in [6, 6.07) is 2.60. The number of nitrogens with one attached hydrogen (secondary N) is 1. The average Bonchev–Trinajstić information content (AvgIpc) is 3.33. The van der Waals surface area contributed by atoms with E-state index >= 15 is 0 Å². The van der Waals surface area contributed by atoms with Crippen LogP contribution in [0.2, 0.25) is 0 Å². The number of hydrogen-bond donors (Lipinski definition) is 2. The Bertz CT molecular complexity index is 457. The molecule has 0 radical (unpaired) electrons. The van der Waals surface area contributed by atoms with Crippen molar-refractivity contribution in [2.75, 3.05) is 29.9 Å². The normalized spacial score (nSPS) is 18.1. The van der Waals surface area contributed by atoms with E-state index in [1.54, 1.807) is 0 Å². The van der Waals surface area contributed by atoms with Gasteiger partial charge in [-0.05, 0) is 32.1 Å². The SMILES string of the molecule is CCCNc1cc(N(CCO)C2CC2)nc(C2CC2)n1. The third kappa shape index (κ3) is 3.20. The Morgan fingerprint density at radius 1 is 1.30 bits per heavy atom. The van der Waals surface area contributed by atoms with Gasteiger partial charge in [-0.3, -0.25) is 0 Å². The van der Waals surface area contributed by atoms with E-state index in [0.29, 0.717) is 18.5 Å². The second kappa shape index (κ2) is 5.95. The number of aromatic nitrogens is 2. The summed E-state index contributed by atoms with van der Waals surface area (Å²) < 4.78 is 0. The monoisotopic (exact) mass is 276 g/mol. The molecule has 0 aliphatic heterocycles. The Balaban J connectivity index is 1.84. The van der Waals surface area contributed by atoms with Crippen molar-refractivity contribution in [1.82, 2.24) is 9.97 Å². The van der Waals surface area contributed by atoms with Gasteiger partial charge in [-0.2, -0.15) is 0 Å². The fourth-order valence-corrected chi connectivity index (χ4v) is 2.45. The zero-order chi connectivity index (χ0) is 13.9. The van der Waals surface area contributed by atoms with Crippen LogP contribution in [0.15, 0.2) is 6.07 Å². The molecule has 1 heterocycles. The lowest BCUT2D eigenvalue weighted by molar-refractivity contribution is 0.301. The van der Waals surface area contributed by atoms with Crippen LogP contribution in [0.4, 0.5) is 11.6 Å². The second-order valence-corrected chi connectivity index (χ2v) is 5.82. The summed E-state index contributed by atoms with van der Waals surface area (Å²) in [6.45, 7) is 3.93. The van der Waals surface area contributed by atoms with Crippen LogP contribution in [-0.2, 0) is 0 Å². The zero-order valence-corrected chi connectivity index (χ0v) is 12.2.